The van der Waals surface area contributed by atoms with E-state index in [0.29, 0.717) is 18.5 Å². The lowest BCUT2D eigenvalue weighted by Crippen LogP contribution is -2.19. The highest BCUT2D eigenvalue weighted by Gasteiger charge is 2.20. The Bertz CT molecular complexity index is 738. The van der Waals surface area contributed by atoms with Crippen molar-refractivity contribution in [3.05, 3.63) is 53.2 Å². The third kappa shape index (κ3) is 4.73. The van der Waals surface area contributed by atoms with Gasteiger partial charge in [0.25, 0.3) is 0 Å². The summed E-state index contributed by atoms with van der Waals surface area (Å²) < 4.78 is 33.5. The molecule has 0 spiro atoms. The lowest BCUT2D eigenvalue weighted by molar-refractivity contribution is 0.1000. The van der Waals surface area contributed by atoms with Crippen molar-refractivity contribution in [1.29, 1.82) is 0 Å². The number of primary amides is 1. The number of rotatable bonds is 8. The molecule has 1 saturated carbocycles. The smallest absolute Gasteiger partial charge is 0.250 e. The highest BCUT2D eigenvalue weighted by Crippen LogP contribution is 2.28. The maximum atomic E-state index is 14.2. The minimum absolute atomic E-state index is 0.0262. The summed E-state index contributed by atoms with van der Waals surface area (Å²) in [5, 5.41) is 3.28. The van der Waals surface area contributed by atoms with Gasteiger partial charge >= 0.3 is 0 Å². The first-order valence-corrected chi connectivity index (χ1v) is 8.15. The number of carbonyl (C=O) groups is 1. The molecule has 0 radical (unpaired) electrons. The monoisotopic (exact) mass is 347 g/mol. The molecule has 1 fully saturated rings. The topological polar surface area (TPSA) is 77.2 Å². The van der Waals surface area contributed by atoms with Crippen LogP contribution < -0.4 is 15.8 Å². The van der Waals surface area contributed by atoms with E-state index in [1.165, 1.54) is 43.3 Å². The Morgan fingerprint density at radius 1 is 1.28 bits per heavy atom. The van der Waals surface area contributed by atoms with Crippen molar-refractivity contribution in [2.45, 2.75) is 19.3 Å². The summed E-state index contributed by atoms with van der Waals surface area (Å²) in [5.74, 6) is -2.01. The van der Waals surface area contributed by atoms with Gasteiger partial charge in [-0.2, -0.15) is 0 Å². The highest BCUT2D eigenvalue weighted by molar-refractivity contribution is 5.92. The molecule has 0 unspecified atom stereocenters. The van der Waals surface area contributed by atoms with Gasteiger partial charge in [-0.05, 0) is 62.0 Å². The molecule has 3 rings (SSSR count). The van der Waals surface area contributed by atoms with Crippen molar-refractivity contribution in [3.63, 3.8) is 0 Å². The SMILES string of the molecule is NC(=O)c1ccc(Oc2c(F)cc(CCNCC3CC3)cc2F)nc1. The van der Waals surface area contributed by atoms with Gasteiger partial charge in [0.2, 0.25) is 17.5 Å². The molecule has 0 saturated heterocycles. The number of halogens is 2. The van der Waals surface area contributed by atoms with Gasteiger partial charge in [-0.3, -0.25) is 4.79 Å². The van der Waals surface area contributed by atoms with E-state index in [0.717, 1.165) is 12.5 Å². The van der Waals surface area contributed by atoms with Crippen LogP contribution in [0.2, 0.25) is 0 Å². The van der Waals surface area contributed by atoms with Gasteiger partial charge in [-0.15, -0.1) is 0 Å². The number of carbonyl (C=O) groups excluding carboxylic acids is 1. The van der Waals surface area contributed by atoms with E-state index < -0.39 is 23.3 Å². The molecule has 1 aliphatic carbocycles. The van der Waals surface area contributed by atoms with Gasteiger partial charge in [0.1, 0.15) is 0 Å². The number of hydrogen-bond acceptors (Lipinski definition) is 4. The Labute approximate surface area is 144 Å². The third-order valence-corrected chi connectivity index (χ3v) is 4.01. The summed E-state index contributed by atoms with van der Waals surface area (Å²) in [6.45, 7) is 1.63. The van der Waals surface area contributed by atoms with Crippen LogP contribution in [0.5, 0.6) is 11.6 Å². The number of benzene rings is 1. The predicted octanol–water partition coefficient (Wildman–Crippen LogP) is 2.79. The molecule has 25 heavy (non-hydrogen) atoms. The van der Waals surface area contributed by atoms with Gasteiger partial charge in [0, 0.05) is 12.3 Å². The molecule has 0 bridgehead atoms. The van der Waals surface area contributed by atoms with Gasteiger partial charge in [-0.1, -0.05) is 0 Å². The predicted molar refractivity (Wildman–Crippen MR) is 88.5 cm³/mol. The van der Waals surface area contributed by atoms with Gasteiger partial charge in [0.15, 0.2) is 11.6 Å². The number of nitrogens with one attached hydrogen (secondary N) is 1. The highest BCUT2D eigenvalue weighted by atomic mass is 19.1. The molecule has 2 aromatic rings. The summed E-state index contributed by atoms with van der Waals surface area (Å²) in [6.07, 6.45) is 4.24. The molecule has 0 aliphatic heterocycles. The van der Waals surface area contributed by atoms with Crippen LogP contribution in [0.4, 0.5) is 8.78 Å². The van der Waals surface area contributed by atoms with Gasteiger partial charge in [-0.25, -0.2) is 13.8 Å². The van der Waals surface area contributed by atoms with Crippen molar-refractivity contribution >= 4 is 5.91 Å². The first-order valence-electron chi connectivity index (χ1n) is 8.15. The Morgan fingerprint density at radius 3 is 2.56 bits per heavy atom. The molecule has 3 N–H and O–H groups in total. The van der Waals surface area contributed by atoms with Crippen LogP contribution in [0.15, 0.2) is 30.5 Å². The number of nitrogens with zero attached hydrogens (tertiary/aromatic N) is 1. The fraction of sp³-hybridized carbons (Fsp3) is 0.333. The van der Waals surface area contributed by atoms with Crippen LogP contribution in [0.3, 0.4) is 0 Å². The summed E-state index contributed by atoms with van der Waals surface area (Å²) in [7, 11) is 0. The fourth-order valence-corrected chi connectivity index (χ4v) is 2.41. The zero-order valence-corrected chi connectivity index (χ0v) is 13.6. The molecule has 1 aromatic carbocycles. The quantitative estimate of drug-likeness (QED) is 0.720. The van der Waals surface area contributed by atoms with Crippen LogP contribution in [0.25, 0.3) is 0 Å². The van der Waals surface area contributed by atoms with Crippen LogP contribution in [-0.4, -0.2) is 24.0 Å². The minimum atomic E-state index is -0.794. The van der Waals surface area contributed by atoms with Crippen molar-refractivity contribution in [2.24, 2.45) is 11.7 Å². The maximum absolute atomic E-state index is 14.2. The Kier molecular flexibility index (Phi) is 5.23. The zero-order valence-electron chi connectivity index (χ0n) is 13.6. The number of amides is 1. The number of aromatic nitrogens is 1. The summed E-state index contributed by atoms with van der Waals surface area (Å²) in [4.78, 5) is 14.8. The molecule has 0 atom stereocenters. The average Bonchev–Trinajstić information content (AvgIpc) is 3.40. The molecule has 7 heteroatoms. The number of hydrogen-bond donors (Lipinski definition) is 2. The summed E-state index contributed by atoms with van der Waals surface area (Å²) >= 11 is 0. The second-order valence-electron chi connectivity index (χ2n) is 6.14. The zero-order chi connectivity index (χ0) is 17.8. The van der Waals surface area contributed by atoms with Crippen LogP contribution >= 0.6 is 0 Å². The first-order chi connectivity index (χ1) is 12.0. The van der Waals surface area contributed by atoms with Crippen molar-refractivity contribution in [2.75, 3.05) is 13.1 Å². The second kappa shape index (κ2) is 7.57. The number of nitrogens with two attached hydrogens (primary N) is 1. The second-order valence-corrected chi connectivity index (χ2v) is 6.14. The van der Waals surface area contributed by atoms with E-state index in [9.17, 15) is 13.6 Å². The Hall–Kier alpha value is -2.54. The fourth-order valence-electron chi connectivity index (χ4n) is 2.41. The van der Waals surface area contributed by atoms with E-state index in [2.05, 4.69) is 10.3 Å². The Morgan fingerprint density at radius 2 is 2.00 bits per heavy atom. The maximum Gasteiger partial charge on any atom is 0.250 e. The van der Waals surface area contributed by atoms with E-state index >= 15 is 0 Å². The van der Waals surface area contributed by atoms with E-state index in [-0.39, 0.29) is 11.4 Å². The number of pyridine rings is 1. The molecule has 5 nitrogen and oxygen atoms in total. The summed E-state index contributed by atoms with van der Waals surface area (Å²) in [6, 6.07) is 5.22. The molecule has 1 aromatic heterocycles. The molecular weight excluding hydrogens is 328 g/mol. The van der Waals surface area contributed by atoms with E-state index in [1.54, 1.807) is 0 Å². The molecule has 1 aliphatic rings. The van der Waals surface area contributed by atoms with Crippen LogP contribution in [-0.2, 0) is 6.42 Å². The van der Waals surface area contributed by atoms with Gasteiger partial charge < -0.3 is 15.8 Å². The van der Waals surface area contributed by atoms with Crippen molar-refractivity contribution in [1.82, 2.24) is 10.3 Å². The Balaban J connectivity index is 1.63. The van der Waals surface area contributed by atoms with Crippen LogP contribution in [0, 0.1) is 17.6 Å². The molecule has 1 heterocycles. The minimum Gasteiger partial charge on any atom is -0.433 e. The lowest BCUT2D eigenvalue weighted by Gasteiger charge is -2.10. The molecule has 132 valence electrons. The van der Waals surface area contributed by atoms with E-state index in [1.807, 2.05) is 0 Å². The first kappa shape index (κ1) is 17.3. The average molecular weight is 347 g/mol. The lowest BCUT2D eigenvalue weighted by atomic mass is 10.1. The van der Waals surface area contributed by atoms with Gasteiger partial charge in [0.05, 0.1) is 5.56 Å². The normalized spacial score (nSPS) is 13.7. The van der Waals surface area contributed by atoms with Crippen molar-refractivity contribution < 1.29 is 18.3 Å². The van der Waals surface area contributed by atoms with E-state index in [4.69, 9.17) is 10.5 Å². The largest absolute Gasteiger partial charge is 0.433 e. The van der Waals surface area contributed by atoms with Crippen molar-refractivity contribution in [3.8, 4) is 11.6 Å². The van der Waals surface area contributed by atoms with Crippen LogP contribution in [0.1, 0.15) is 28.8 Å². The molecular formula is C18H19F2N3O2. The third-order valence-electron chi connectivity index (χ3n) is 4.01. The summed E-state index contributed by atoms with van der Waals surface area (Å²) in [5.41, 5.74) is 5.85. The molecule has 1 amide bonds. The standard InChI is InChI=1S/C18H19F2N3O2/c19-14-7-12(5-6-22-9-11-1-2-11)8-15(20)17(14)25-16-4-3-13(10-23-16)18(21)24/h3-4,7-8,10-11,22H,1-2,5-6,9H2,(H2,21,24). The number of ether oxygens (including phenoxy) is 1.